The van der Waals surface area contributed by atoms with E-state index in [1.165, 1.54) is 0 Å². The Balaban J connectivity index is 2.49. The number of methoxy groups -OCH3 is 1. The van der Waals surface area contributed by atoms with E-state index in [1.807, 2.05) is 30.5 Å². The van der Waals surface area contributed by atoms with Gasteiger partial charge in [-0.1, -0.05) is 31.9 Å². The Kier molecular flexibility index (Phi) is 5.95. The molecule has 0 aliphatic heterocycles. The van der Waals surface area contributed by atoms with Crippen LogP contribution in [0.2, 0.25) is 0 Å². The zero-order chi connectivity index (χ0) is 11.1. The predicted molar refractivity (Wildman–Crippen MR) is 72.0 cm³/mol. The van der Waals surface area contributed by atoms with Crippen molar-refractivity contribution in [1.82, 2.24) is 0 Å². The molecular formula is C11H13Br2NO. The van der Waals surface area contributed by atoms with Crippen LogP contribution in [-0.4, -0.2) is 30.0 Å². The fourth-order valence-corrected chi connectivity index (χ4v) is 1.38. The van der Waals surface area contributed by atoms with Crippen LogP contribution in [0.15, 0.2) is 29.3 Å². The largest absolute Gasteiger partial charge is 0.497 e. The Morgan fingerprint density at radius 1 is 1.40 bits per heavy atom. The number of rotatable bonds is 5. The first-order chi connectivity index (χ1) is 7.26. The summed E-state index contributed by atoms with van der Waals surface area (Å²) in [5.41, 5.74) is 1.09. The molecule has 0 bridgehead atoms. The highest BCUT2D eigenvalue weighted by molar-refractivity contribution is 9.12. The Labute approximate surface area is 107 Å². The first-order valence-corrected chi connectivity index (χ1v) is 6.64. The highest BCUT2D eigenvalue weighted by atomic mass is 79.9. The monoisotopic (exact) mass is 333 g/mol. The van der Waals surface area contributed by atoms with E-state index in [0.29, 0.717) is 4.83 Å². The van der Waals surface area contributed by atoms with Crippen LogP contribution in [0.5, 0.6) is 5.75 Å². The van der Waals surface area contributed by atoms with Gasteiger partial charge in [-0.15, -0.1) is 0 Å². The van der Waals surface area contributed by atoms with Gasteiger partial charge < -0.3 is 4.74 Å². The van der Waals surface area contributed by atoms with Crippen molar-refractivity contribution in [3.05, 3.63) is 29.8 Å². The lowest BCUT2D eigenvalue weighted by Crippen LogP contribution is -2.03. The summed E-state index contributed by atoms with van der Waals surface area (Å²) in [6, 6.07) is 7.83. The molecular weight excluding hydrogens is 322 g/mol. The number of halogens is 2. The second kappa shape index (κ2) is 7.01. The molecule has 0 aliphatic rings. The predicted octanol–water partition coefficient (Wildman–Crippen LogP) is 3.27. The van der Waals surface area contributed by atoms with Crippen LogP contribution in [0, 0.1) is 0 Å². The van der Waals surface area contributed by atoms with Gasteiger partial charge in [-0.3, -0.25) is 4.99 Å². The van der Waals surface area contributed by atoms with Crippen molar-refractivity contribution in [2.24, 2.45) is 4.99 Å². The lowest BCUT2D eigenvalue weighted by Gasteiger charge is -2.00. The molecule has 0 radical (unpaired) electrons. The number of nitrogens with zero attached hydrogens (tertiary/aromatic N) is 1. The summed E-state index contributed by atoms with van der Waals surface area (Å²) in [7, 11) is 1.66. The van der Waals surface area contributed by atoms with Gasteiger partial charge in [-0.25, -0.2) is 0 Å². The Bertz CT molecular complexity index is 311. The minimum atomic E-state index is 0.395. The van der Waals surface area contributed by atoms with E-state index in [1.54, 1.807) is 7.11 Å². The highest BCUT2D eigenvalue weighted by Crippen LogP contribution is 2.10. The van der Waals surface area contributed by atoms with Crippen molar-refractivity contribution in [2.75, 3.05) is 19.0 Å². The van der Waals surface area contributed by atoms with Crippen LogP contribution < -0.4 is 4.74 Å². The van der Waals surface area contributed by atoms with Gasteiger partial charge in [0.25, 0.3) is 0 Å². The van der Waals surface area contributed by atoms with Gasteiger partial charge in [0.15, 0.2) is 0 Å². The number of hydrogen-bond donors (Lipinski definition) is 0. The average Bonchev–Trinajstić information content (AvgIpc) is 2.29. The Morgan fingerprint density at radius 2 is 2.07 bits per heavy atom. The lowest BCUT2D eigenvalue weighted by molar-refractivity contribution is 0.415. The molecule has 0 aromatic heterocycles. The number of benzene rings is 1. The van der Waals surface area contributed by atoms with E-state index in [9.17, 15) is 0 Å². The van der Waals surface area contributed by atoms with Crippen molar-refractivity contribution in [2.45, 2.75) is 4.83 Å². The van der Waals surface area contributed by atoms with Gasteiger partial charge >= 0.3 is 0 Å². The third kappa shape index (κ3) is 4.80. The molecule has 0 aliphatic carbocycles. The molecule has 1 unspecified atom stereocenters. The van der Waals surface area contributed by atoms with Crippen LogP contribution in [0.3, 0.4) is 0 Å². The molecule has 1 aromatic rings. The molecule has 15 heavy (non-hydrogen) atoms. The van der Waals surface area contributed by atoms with Crippen molar-refractivity contribution in [3.63, 3.8) is 0 Å². The third-order valence-electron chi connectivity index (χ3n) is 1.83. The van der Waals surface area contributed by atoms with E-state index >= 15 is 0 Å². The maximum Gasteiger partial charge on any atom is 0.118 e. The summed E-state index contributed by atoms with van der Waals surface area (Å²) in [6.45, 7) is 0.775. The smallest absolute Gasteiger partial charge is 0.118 e. The molecule has 1 atom stereocenters. The second-order valence-electron chi connectivity index (χ2n) is 3.02. The van der Waals surface area contributed by atoms with Crippen LogP contribution in [-0.2, 0) is 0 Å². The molecule has 82 valence electrons. The van der Waals surface area contributed by atoms with Gasteiger partial charge in [0, 0.05) is 16.4 Å². The number of alkyl halides is 2. The lowest BCUT2D eigenvalue weighted by atomic mass is 10.2. The van der Waals surface area contributed by atoms with Crippen LogP contribution in [0.4, 0.5) is 0 Å². The van der Waals surface area contributed by atoms with Crippen molar-refractivity contribution in [3.8, 4) is 5.75 Å². The molecule has 4 heteroatoms. The zero-order valence-electron chi connectivity index (χ0n) is 8.49. The molecule has 2 nitrogen and oxygen atoms in total. The molecule has 0 N–H and O–H groups in total. The maximum absolute atomic E-state index is 5.07. The normalized spacial score (nSPS) is 13.0. The standard InChI is InChI=1S/C11H13Br2NO/c1-15-11-4-2-9(3-5-11)7-14-8-10(13)6-12/h2-5,7,10H,6,8H2,1H3. The van der Waals surface area contributed by atoms with Crippen LogP contribution in [0.1, 0.15) is 5.56 Å². The van der Waals surface area contributed by atoms with Crippen molar-refractivity contribution in [1.29, 1.82) is 0 Å². The first-order valence-electron chi connectivity index (χ1n) is 4.60. The topological polar surface area (TPSA) is 21.6 Å². The summed E-state index contributed by atoms with van der Waals surface area (Å²) in [6.07, 6.45) is 1.87. The molecule has 0 saturated carbocycles. The third-order valence-corrected chi connectivity index (χ3v) is 4.09. The van der Waals surface area contributed by atoms with Crippen molar-refractivity contribution >= 4 is 38.1 Å². The SMILES string of the molecule is COc1ccc(C=NCC(Br)CBr)cc1. The summed E-state index contributed by atoms with van der Waals surface area (Å²) in [4.78, 5) is 4.72. The number of aliphatic imine (C=N–C) groups is 1. The van der Waals surface area contributed by atoms with E-state index in [-0.39, 0.29) is 0 Å². The second-order valence-corrected chi connectivity index (χ2v) is 4.96. The molecule has 0 amide bonds. The van der Waals surface area contributed by atoms with E-state index in [0.717, 1.165) is 23.2 Å². The fourth-order valence-electron chi connectivity index (χ4n) is 1.01. The highest BCUT2D eigenvalue weighted by Gasteiger charge is 1.97. The molecule has 1 rings (SSSR count). The molecule has 0 spiro atoms. The Morgan fingerprint density at radius 3 is 2.60 bits per heavy atom. The van der Waals surface area contributed by atoms with E-state index < -0.39 is 0 Å². The number of ether oxygens (including phenoxy) is 1. The molecule has 0 saturated heterocycles. The quantitative estimate of drug-likeness (QED) is 0.598. The zero-order valence-corrected chi connectivity index (χ0v) is 11.7. The summed E-state index contributed by atoms with van der Waals surface area (Å²) in [5, 5.41) is 0.910. The van der Waals surface area contributed by atoms with E-state index in [2.05, 4.69) is 36.9 Å². The van der Waals surface area contributed by atoms with Gasteiger partial charge in [0.05, 0.1) is 13.7 Å². The summed E-state index contributed by atoms with van der Waals surface area (Å²) < 4.78 is 5.07. The summed E-state index contributed by atoms with van der Waals surface area (Å²) >= 11 is 6.88. The summed E-state index contributed by atoms with van der Waals surface area (Å²) in [5.74, 6) is 0.867. The van der Waals surface area contributed by atoms with Crippen LogP contribution >= 0.6 is 31.9 Å². The number of hydrogen-bond acceptors (Lipinski definition) is 2. The molecule has 0 heterocycles. The first kappa shape index (κ1) is 12.7. The van der Waals surface area contributed by atoms with Gasteiger partial charge in [-0.05, 0) is 29.8 Å². The molecule has 0 fully saturated rings. The van der Waals surface area contributed by atoms with Gasteiger partial charge in [0.1, 0.15) is 5.75 Å². The minimum Gasteiger partial charge on any atom is -0.497 e. The molecule has 1 aromatic carbocycles. The van der Waals surface area contributed by atoms with Crippen molar-refractivity contribution < 1.29 is 4.74 Å². The van der Waals surface area contributed by atoms with Gasteiger partial charge in [-0.2, -0.15) is 0 Å². The van der Waals surface area contributed by atoms with E-state index in [4.69, 9.17) is 4.74 Å². The minimum absolute atomic E-state index is 0.395. The fraction of sp³-hybridized carbons (Fsp3) is 0.364. The maximum atomic E-state index is 5.07. The van der Waals surface area contributed by atoms with Gasteiger partial charge in [0.2, 0.25) is 0 Å². The Hall–Kier alpha value is -0.350. The average molecular weight is 335 g/mol. The van der Waals surface area contributed by atoms with Crippen LogP contribution in [0.25, 0.3) is 0 Å².